The van der Waals surface area contributed by atoms with Crippen molar-refractivity contribution in [3.8, 4) is 0 Å². The zero-order chi connectivity index (χ0) is 13.8. The summed E-state index contributed by atoms with van der Waals surface area (Å²) < 4.78 is 0. The van der Waals surface area contributed by atoms with Crippen molar-refractivity contribution in [2.24, 2.45) is 5.92 Å². The van der Waals surface area contributed by atoms with Gasteiger partial charge in [-0.2, -0.15) is 4.98 Å². The van der Waals surface area contributed by atoms with E-state index in [9.17, 15) is 10.1 Å². The van der Waals surface area contributed by atoms with E-state index in [0.717, 1.165) is 25.9 Å². The lowest BCUT2D eigenvalue weighted by Gasteiger charge is -2.17. The lowest BCUT2D eigenvalue weighted by molar-refractivity contribution is -0.384. The summed E-state index contributed by atoms with van der Waals surface area (Å²) in [7, 11) is 0. The number of nitrogens with one attached hydrogen (secondary N) is 1. The van der Waals surface area contributed by atoms with Crippen molar-refractivity contribution in [1.29, 1.82) is 0 Å². The van der Waals surface area contributed by atoms with Crippen LogP contribution in [0.3, 0.4) is 0 Å². The second kappa shape index (κ2) is 5.81. The minimum absolute atomic E-state index is 0.0154. The minimum Gasteiger partial charge on any atom is -0.354 e. The standard InChI is InChI=1S/C12H19N5O2/c1-3-9-5-6-16(8-9)11-10(17(18)19)7-14-12(15-11)13-4-2/h7,9H,3-6,8H2,1-2H3,(H,13,14,15). The largest absolute Gasteiger partial charge is 0.354 e. The van der Waals surface area contributed by atoms with Crippen LogP contribution in [0.2, 0.25) is 0 Å². The monoisotopic (exact) mass is 265 g/mol. The molecule has 0 saturated carbocycles. The molecule has 0 spiro atoms. The van der Waals surface area contributed by atoms with Gasteiger partial charge in [-0.1, -0.05) is 13.3 Å². The van der Waals surface area contributed by atoms with Gasteiger partial charge in [0.2, 0.25) is 11.8 Å². The molecule has 1 fully saturated rings. The first-order chi connectivity index (χ1) is 9.15. The maximum Gasteiger partial charge on any atom is 0.329 e. The Bertz CT molecular complexity index is 465. The fourth-order valence-electron chi connectivity index (χ4n) is 2.33. The molecule has 0 radical (unpaired) electrons. The van der Waals surface area contributed by atoms with E-state index in [1.807, 2.05) is 11.8 Å². The van der Waals surface area contributed by atoms with Crippen molar-refractivity contribution in [1.82, 2.24) is 9.97 Å². The van der Waals surface area contributed by atoms with E-state index in [-0.39, 0.29) is 5.69 Å². The van der Waals surface area contributed by atoms with Crippen molar-refractivity contribution in [3.63, 3.8) is 0 Å². The van der Waals surface area contributed by atoms with Crippen molar-refractivity contribution in [2.45, 2.75) is 26.7 Å². The summed E-state index contributed by atoms with van der Waals surface area (Å²) >= 11 is 0. The van der Waals surface area contributed by atoms with Crippen molar-refractivity contribution in [3.05, 3.63) is 16.3 Å². The molecule has 0 aromatic carbocycles. The summed E-state index contributed by atoms with van der Waals surface area (Å²) in [4.78, 5) is 20.9. The van der Waals surface area contributed by atoms with Crippen LogP contribution in [-0.2, 0) is 0 Å². The normalized spacial score (nSPS) is 18.6. The van der Waals surface area contributed by atoms with E-state index < -0.39 is 4.92 Å². The van der Waals surface area contributed by atoms with Gasteiger partial charge in [-0.3, -0.25) is 10.1 Å². The minimum atomic E-state index is -0.412. The Labute approximate surface area is 112 Å². The van der Waals surface area contributed by atoms with Crippen molar-refractivity contribution < 1.29 is 4.92 Å². The third-order valence-corrected chi connectivity index (χ3v) is 3.44. The van der Waals surface area contributed by atoms with Crippen LogP contribution < -0.4 is 10.2 Å². The van der Waals surface area contributed by atoms with E-state index in [4.69, 9.17) is 0 Å². The second-order valence-corrected chi connectivity index (χ2v) is 4.70. The number of aromatic nitrogens is 2. The van der Waals surface area contributed by atoms with Crippen LogP contribution in [0.4, 0.5) is 17.5 Å². The number of hydrogen-bond donors (Lipinski definition) is 1. The summed E-state index contributed by atoms with van der Waals surface area (Å²) in [6.07, 6.45) is 3.45. The van der Waals surface area contributed by atoms with Gasteiger partial charge in [-0.25, -0.2) is 4.98 Å². The molecule has 1 aromatic heterocycles. The quantitative estimate of drug-likeness (QED) is 0.648. The Kier molecular flexibility index (Phi) is 4.13. The third-order valence-electron chi connectivity index (χ3n) is 3.44. The molecule has 2 rings (SSSR count). The highest BCUT2D eigenvalue weighted by Crippen LogP contribution is 2.31. The molecular weight excluding hydrogens is 246 g/mol. The molecule has 1 aliphatic heterocycles. The average molecular weight is 265 g/mol. The molecule has 0 bridgehead atoms. The van der Waals surface area contributed by atoms with Crippen LogP contribution in [0.25, 0.3) is 0 Å². The maximum absolute atomic E-state index is 11.1. The van der Waals surface area contributed by atoms with Gasteiger partial charge in [-0.15, -0.1) is 0 Å². The first-order valence-electron chi connectivity index (χ1n) is 6.66. The smallest absolute Gasteiger partial charge is 0.329 e. The molecule has 2 heterocycles. The maximum atomic E-state index is 11.1. The number of nitro groups is 1. The fourth-order valence-corrected chi connectivity index (χ4v) is 2.33. The van der Waals surface area contributed by atoms with Crippen LogP contribution in [0.5, 0.6) is 0 Å². The topological polar surface area (TPSA) is 84.2 Å². The van der Waals surface area contributed by atoms with Gasteiger partial charge < -0.3 is 10.2 Å². The predicted octanol–water partition coefficient (Wildman–Crippen LogP) is 2.05. The summed E-state index contributed by atoms with van der Waals surface area (Å²) in [6.45, 7) is 6.43. The summed E-state index contributed by atoms with van der Waals surface area (Å²) in [5.74, 6) is 1.48. The molecule has 7 heteroatoms. The van der Waals surface area contributed by atoms with Crippen LogP contribution in [0, 0.1) is 16.0 Å². The van der Waals surface area contributed by atoms with E-state index in [0.29, 0.717) is 24.2 Å². The van der Waals surface area contributed by atoms with Crippen LogP contribution in [0.1, 0.15) is 26.7 Å². The molecule has 1 aromatic rings. The van der Waals surface area contributed by atoms with Crippen LogP contribution in [0.15, 0.2) is 6.20 Å². The average Bonchev–Trinajstić information content (AvgIpc) is 2.87. The SMILES string of the molecule is CCNc1ncc([N+](=O)[O-])c(N2CCC(CC)C2)n1. The molecule has 7 nitrogen and oxygen atoms in total. The molecule has 0 aliphatic carbocycles. The number of anilines is 2. The van der Waals surface area contributed by atoms with Gasteiger partial charge in [-0.05, 0) is 19.3 Å². The first kappa shape index (κ1) is 13.5. The highest BCUT2D eigenvalue weighted by Gasteiger charge is 2.28. The Balaban J connectivity index is 2.30. The summed E-state index contributed by atoms with van der Waals surface area (Å²) in [5.41, 5.74) is -0.0154. The lowest BCUT2D eigenvalue weighted by atomic mass is 10.1. The fraction of sp³-hybridized carbons (Fsp3) is 0.667. The molecule has 0 amide bonds. The molecule has 1 unspecified atom stereocenters. The lowest BCUT2D eigenvalue weighted by Crippen LogP contribution is -2.22. The van der Waals surface area contributed by atoms with Gasteiger partial charge in [0.05, 0.1) is 4.92 Å². The zero-order valence-corrected chi connectivity index (χ0v) is 11.3. The predicted molar refractivity (Wildman–Crippen MR) is 73.5 cm³/mol. The Morgan fingerprint density at radius 1 is 1.58 bits per heavy atom. The van der Waals surface area contributed by atoms with E-state index in [2.05, 4.69) is 22.2 Å². The molecular formula is C12H19N5O2. The molecule has 1 aliphatic rings. The molecule has 1 saturated heterocycles. The van der Waals surface area contributed by atoms with Gasteiger partial charge in [0.1, 0.15) is 6.20 Å². The first-order valence-corrected chi connectivity index (χ1v) is 6.66. The highest BCUT2D eigenvalue weighted by molar-refractivity contribution is 5.59. The van der Waals surface area contributed by atoms with E-state index >= 15 is 0 Å². The highest BCUT2D eigenvalue weighted by atomic mass is 16.6. The summed E-state index contributed by atoms with van der Waals surface area (Å²) in [5, 5.41) is 14.1. The van der Waals surface area contributed by atoms with Crippen LogP contribution in [-0.4, -0.2) is 34.5 Å². The molecule has 19 heavy (non-hydrogen) atoms. The van der Waals surface area contributed by atoms with Crippen LogP contribution >= 0.6 is 0 Å². The third kappa shape index (κ3) is 2.91. The van der Waals surface area contributed by atoms with Gasteiger partial charge >= 0.3 is 5.69 Å². The van der Waals surface area contributed by atoms with E-state index in [1.54, 1.807) is 0 Å². The Morgan fingerprint density at radius 2 is 2.37 bits per heavy atom. The summed E-state index contributed by atoms with van der Waals surface area (Å²) in [6, 6.07) is 0. The number of rotatable bonds is 5. The number of hydrogen-bond acceptors (Lipinski definition) is 6. The Hall–Kier alpha value is -1.92. The molecule has 1 atom stereocenters. The molecule has 104 valence electrons. The van der Waals surface area contributed by atoms with Gasteiger partial charge in [0, 0.05) is 19.6 Å². The Morgan fingerprint density at radius 3 is 2.95 bits per heavy atom. The van der Waals surface area contributed by atoms with Crippen molar-refractivity contribution in [2.75, 3.05) is 29.9 Å². The number of nitrogens with zero attached hydrogens (tertiary/aromatic N) is 4. The molecule has 1 N–H and O–H groups in total. The van der Waals surface area contributed by atoms with E-state index in [1.165, 1.54) is 6.20 Å². The second-order valence-electron chi connectivity index (χ2n) is 4.70. The zero-order valence-electron chi connectivity index (χ0n) is 11.3. The van der Waals surface area contributed by atoms with Gasteiger partial charge in [0.25, 0.3) is 0 Å². The van der Waals surface area contributed by atoms with Gasteiger partial charge in [0.15, 0.2) is 0 Å². The van der Waals surface area contributed by atoms with Crippen molar-refractivity contribution >= 4 is 17.5 Å².